The first-order valence-electron chi connectivity index (χ1n) is 8.05. The maximum atomic E-state index is 10.9. The molecule has 3 heteroatoms. The van der Waals surface area contributed by atoms with Gasteiger partial charge in [0.2, 0.25) is 0 Å². The Balaban J connectivity index is 2.03. The van der Waals surface area contributed by atoms with Crippen LogP contribution in [-0.2, 0) is 11.2 Å². The van der Waals surface area contributed by atoms with Gasteiger partial charge < -0.3 is 9.84 Å². The first-order chi connectivity index (χ1) is 10.1. The van der Waals surface area contributed by atoms with E-state index in [0.717, 1.165) is 38.0 Å². The van der Waals surface area contributed by atoms with Gasteiger partial charge in [0.25, 0.3) is 0 Å². The summed E-state index contributed by atoms with van der Waals surface area (Å²) in [5.74, 6) is 0.975. The second-order valence-corrected chi connectivity index (χ2v) is 6.14. The molecule has 0 aromatic heterocycles. The molecule has 1 aromatic carbocycles. The van der Waals surface area contributed by atoms with E-state index in [4.69, 9.17) is 9.84 Å². The van der Waals surface area contributed by atoms with Crippen LogP contribution >= 0.6 is 0 Å². The number of ether oxygens (including phenoxy) is 1. The zero-order valence-electron chi connectivity index (χ0n) is 13.3. The molecule has 3 unspecified atom stereocenters. The smallest absolute Gasteiger partial charge is 0.306 e. The molecule has 0 radical (unpaired) electrons. The van der Waals surface area contributed by atoms with Gasteiger partial charge in [0, 0.05) is 0 Å². The molecule has 21 heavy (non-hydrogen) atoms. The largest absolute Gasteiger partial charge is 0.494 e. The molecule has 116 valence electrons. The van der Waals surface area contributed by atoms with Gasteiger partial charge in [0.15, 0.2) is 0 Å². The molecule has 1 aliphatic carbocycles. The maximum Gasteiger partial charge on any atom is 0.306 e. The molecule has 0 amide bonds. The minimum atomic E-state index is -0.633. The van der Waals surface area contributed by atoms with Crippen LogP contribution in [0.5, 0.6) is 5.75 Å². The first kappa shape index (κ1) is 15.9. The average Bonchev–Trinajstić information content (AvgIpc) is 3.24. The number of carbonyl (C=O) groups is 1. The summed E-state index contributed by atoms with van der Waals surface area (Å²) < 4.78 is 5.70. The Kier molecular flexibility index (Phi) is 5.27. The second-order valence-electron chi connectivity index (χ2n) is 6.14. The highest BCUT2D eigenvalue weighted by atomic mass is 16.5. The van der Waals surface area contributed by atoms with Gasteiger partial charge in [-0.15, -0.1) is 0 Å². The lowest BCUT2D eigenvalue weighted by Crippen LogP contribution is -2.05. The van der Waals surface area contributed by atoms with E-state index in [2.05, 4.69) is 32.9 Å². The van der Waals surface area contributed by atoms with Crippen molar-refractivity contribution in [3.63, 3.8) is 0 Å². The lowest BCUT2D eigenvalue weighted by molar-refractivity contribution is -0.138. The summed E-state index contributed by atoms with van der Waals surface area (Å²) in [4.78, 5) is 10.9. The molecule has 3 atom stereocenters. The highest BCUT2D eigenvalue weighted by molar-refractivity contribution is 5.73. The van der Waals surface area contributed by atoms with Crippen LogP contribution in [0.3, 0.4) is 0 Å². The van der Waals surface area contributed by atoms with Crippen LogP contribution in [0.15, 0.2) is 18.2 Å². The topological polar surface area (TPSA) is 46.5 Å². The fourth-order valence-corrected chi connectivity index (χ4v) is 3.07. The van der Waals surface area contributed by atoms with Crippen LogP contribution in [-0.4, -0.2) is 17.7 Å². The summed E-state index contributed by atoms with van der Waals surface area (Å²) in [6.07, 6.45) is 3.81. The Labute approximate surface area is 127 Å². The molecule has 0 spiro atoms. The number of benzene rings is 1. The van der Waals surface area contributed by atoms with E-state index >= 15 is 0 Å². The summed E-state index contributed by atoms with van der Waals surface area (Å²) in [7, 11) is 0. The highest BCUT2D eigenvalue weighted by Crippen LogP contribution is 2.45. The molecule has 0 bridgehead atoms. The first-order valence-corrected chi connectivity index (χ1v) is 8.05. The van der Waals surface area contributed by atoms with Gasteiger partial charge in [-0.2, -0.15) is 0 Å². The molecule has 0 aliphatic heterocycles. The Morgan fingerprint density at radius 3 is 2.76 bits per heavy atom. The molecule has 3 nitrogen and oxygen atoms in total. The highest BCUT2D eigenvalue weighted by Gasteiger charge is 2.43. The minimum Gasteiger partial charge on any atom is -0.494 e. The van der Waals surface area contributed by atoms with Crippen molar-refractivity contribution >= 4 is 5.97 Å². The van der Waals surface area contributed by atoms with Gasteiger partial charge in [-0.25, -0.2) is 0 Å². The lowest BCUT2D eigenvalue weighted by atomic mass is 9.90. The van der Waals surface area contributed by atoms with Gasteiger partial charge in [0.1, 0.15) is 5.75 Å². The predicted molar refractivity (Wildman–Crippen MR) is 83.9 cm³/mol. The summed E-state index contributed by atoms with van der Waals surface area (Å²) in [6.45, 7) is 7.22. The number of hydrogen-bond donors (Lipinski definition) is 1. The average molecular weight is 290 g/mol. The van der Waals surface area contributed by atoms with Crippen LogP contribution < -0.4 is 4.74 Å². The van der Waals surface area contributed by atoms with Crippen LogP contribution in [0.2, 0.25) is 0 Å². The van der Waals surface area contributed by atoms with Gasteiger partial charge in [-0.1, -0.05) is 26.8 Å². The van der Waals surface area contributed by atoms with Crippen molar-refractivity contribution in [3.05, 3.63) is 29.3 Å². The molecule has 1 N–H and O–H groups in total. The van der Waals surface area contributed by atoms with E-state index in [9.17, 15) is 4.79 Å². The van der Waals surface area contributed by atoms with E-state index in [-0.39, 0.29) is 5.92 Å². The number of hydrogen-bond acceptors (Lipinski definition) is 2. The molecular formula is C18H26O3. The lowest BCUT2D eigenvalue weighted by Gasteiger charge is -2.17. The molecule has 2 rings (SSSR count). The van der Waals surface area contributed by atoms with Crippen molar-refractivity contribution in [2.45, 2.75) is 52.4 Å². The number of carboxylic acids is 1. The zero-order valence-corrected chi connectivity index (χ0v) is 13.3. The van der Waals surface area contributed by atoms with E-state index in [1.165, 1.54) is 11.1 Å². The number of carboxylic acid groups (broad SMARTS) is 1. The zero-order chi connectivity index (χ0) is 15.4. The van der Waals surface area contributed by atoms with Crippen molar-refractivity contribution in [1.29, 1.82) is 0 Å². The Morgan fingerprint density at radius 1 is 1.43 bits per heavy atom. The SMILES string of the molecule is CCCOc1ccc(C(C)CC2CC2C(=O)O)c(CC)c1. The van der Waals surface area contributed by atoms with E-state index < -0.39 is 5.97 Å². The quantitative estimate of drug-likeness (QED) is 0.778. The van der Waals surface area contributed by atoms with Crippen molar-refractivity contribution in [2.75, 3.05) is 6.61 Å². The molecule has 1 fully saturated rings. The van der Waals surface area contributed by atoms with E-state index in [0.29, 0.717) is 11.8 Å². The number of rotatable bonds is 8. The Bertz CT molecular complexity index is 495. The molecule has 1 aromatic rings. The summed E-state index contributed by atoms with van der Waals surface area (Å²) >= 11 is 0. The summed E-state index contributed by atoms with van der Waals surface area (Å²) in [5, 5.41) is 9.01. The van der Waals surface area contributed by atoms with Gasteiger partial charge in [-0.3, -0.25) is 4.79 Å². The normalized spacial score (nSPS) is 21.9. The summed E-state index contributed by atoms with van der Waals surface area (Å²) in [6, 6.07) is 6.35. The van der Waals surface area contributed by atoms with Crippen LogP contribution in [0.4, 0.5) is 0 Å². The third-order valence-corrected chi connectivity index (χ3v) is 4.40. The van der Waals surface area contributed by atoms with Gasteiger partial charge in [-0.05, 0) is 60.8 Å². The van der Waals surface area contributed by atoms with Gasteiger partial charge >= 0.3 is 5.97 Å². The van der Waals surface area contributed by atoms with Crippen molar-refractivity contribution in [2.24, 2.45) is 11.8 Å². The van der Waals surface area contributed by atoms with Crippen molar-refractivity contribution < 1.29 is 14.6 Å². The fraction of sp³-hybridized carbons (Fsp3) is 0.611. The molecule has 0 heterocycles. The third kappa shape index (κ3) is 3.99. The standard InChI is InChI=1S/C18H26O3/c1-4-8-21-15-6-7-16(13(5-2)10-15)12(3)9-14-11-17(14)18(19)20/h6-7,10,12,14,17H,4-5,8-9,11H2,1-3H3,(H,19,20). The van der Waals surface area contributed by atoms with Crippen molar-refractivity contribution in [3.8, 4) is 5.75 Å². The maximum absolute atomic E-state index is 10.9. The van der Waals surface area contributed by atoms with Crippen molar-refractivity contribution in [1.82, 2.24) is 0 Å². The van der Waals surface area contributed by atoms with Crippen LogP contribution in [0.25, 0.3) is 0 Å². The van der Waals surface area contributed by atoms with Crippen LogP contribution in [0, 0.1) is 11.8 Å². The second kappa shape index (κ2) is 6.97. The van der Waals surface area contributed by atoms with Crippen LogP contribution in [0.1, 0.15) is 57.1 Å². The Hall–Kier alpha value is -1.51. The summed E-state index contributed by atoms with van der Waals surface area (Å²) in [5.41, 5.74) is 2.67. The minimum absolute atomic E-state index is 0.107. The Morgan fingerprint density at radius 2 is 2.19 bits per heavy atom. The predicted octanol–water partition coefficient (Wildman–Crippen LogP) is 4.25. The monoisotopic (exact) mass is 290 g/mol. The number of aryl methyl sites for hydroxylation is 1. The molecule has 1 aliphatic rings. The fourth-order valence-electron chi connectivity index (χ4n) is 3.07. The van der Waals surface area contributed by atoms with E-state index in [1.807, 2.05) is 6.07 Å². The third-order valence-electron chi connectivity index (χ3n) is 4.40. The molecular weight excluding hydrogens is 264 g/mol. The number of aliphatic carboxylic acids is 1. The molecule has 0 saturated heterocycles. The van der Waals surface area contributed by atoms with Gasteiger partial charge in [0.05, 0.1) is 12.5 Å². The molecule has 1 saturated carbocycles. The van der Waals surface area contributed by atoms with E-state index in [1.54, 1.807) is 0 Å².